The molecule has 1 aromatic heterocycles. The number of benzene rings is 1. The molecule has 21 heavy (non-hydrogen) atoms. The second-order valence-electron chi connectivity index (χ2n) is 5.51. The van der Waals surface area contributed by atoms with Crippen molar-refractivity contribution in [3.05, 3.63) is 35.6 Å². The molecule has 1 aliphatic carbocycles. The van der Waals surface area contributed by atoms with Crippen LogP contribution in [0.25, 0.3) is 11.0 Å². The molecule has 1 heterocycles. The average molecular weight is 287 g/mol. The molecule has 1 fully saturated rings. The third-order valence-corrected chi connectivity index (χ3v) is 3.99. The predicted molar refractivity (Wildman–Crippen MR) is 77.2 cm³/mol. The molecule has 5 heteroatoms. The van der Waals surface area contributed by atoms with Crippen LogP contribution in [0.15, 0.2) is 28.7 Å². The number of furan rings is 1. The lowest BCUT2D eigenvalue weighted by Crippen LogP contribution is -2.44. The number of aryl methyl sites for hydroxylation is 1. The van der Waals surface area contributed by atoms with Gasteiger partial charge in [-0.2, -0.15) is 0 Å². The summed E-state index contributed by atoms with van der Waals surface area (Å²) in [6, 6.07) is 6.60. The zero-order chi connectivity index (χ0) is 15.1. The first-order chi connectivity index (χ1) is 10.0. The van der Waals surface area contributed by atoms with E-state index in [0.717, 1.165) is 23.8 Å². The zero-order valence-electron chi connectivity index (χ0n) is 12.0. The van der Waals surface area contributed by atoms with Crippen molar-refractivity contribution in [3.8, 4) is 0 Å². The molecule has 1 aromatic carbocycles. The molecule has 1 amide bonds. The SMILES string of the molecule is Cc1c(C(=O)N(C2CC2)C(C)C(=O)O)oc2ccccc12. The van der Waals surface area contributed by atoms with Gasteiger partial charge in [-0.05, 0) is 32.8 Å². The number of carboxylic acids is 1. The number of amides is 1. The molecule has 0 saturated heterocycles. The van der Waals surface area contributed by atoms with Crippen molar-refractivity contribution >= 4 is 22.8 Å². The highest BCUT2D eigenvalue weighted by Crippen LogP contribution is 2.33. The number of carboxylic acid groups (broad SMARTS) is 1. The summed E-state index contributed by atoms with van der Waals surface area (Å²) in [5, 5.41) is 10.1. The lowest BCUT2D eigenvalue weighted by atomic mass is 10.1. The Balaban J connectivity index is 2.02. The van der Waals surface area contributed by atoms with E-state index in [-0.39, 0.29) is 17.7 Å². The Morgan fingerprint density at radius 3 is 2.57 bits per heavy atom. The summed E-state index contributed by atoms with van der Waals surface area (Å²) in [5.74, 6) is -1.08. The summed E-state index contributed by atoms with van der Waals surface area (Å²) in [7, 11) is 0. The van der Waals surface area contributed by atoms with Crippen LogP contribution in [0.5, 0.6) is 0 Å². The minimum atomic E-state index is -0.996. The van der Waals surface area contributed by atoms with Crippen LogP contribution in [0.2, 0.25) is 0 Å². The summed E-state index contributed by atoms with van der Waals surface area (Å²) >= 11 is 0. The van der Waals surface area contributed by atoms with Gasteiger partial charge in [0.25, 0.3) is 5.91 Å². The van der Waals surface area contributed by atoms with E-state index in [0.29, 0.717) is 5.58 Å². The van der Waals surface area contributed by atoms with Crippen LogP contribution in [0.3, 0.4) is 0 Å². The first-order valence-corrected chi connectivity index (χ1v) is 7.04. The second-order valence-corrected chi connectivity index (χ2v) is 5.51. The first-order valence-electron chi connectivity index (χ1n) is 7.04. The summed E-state index contributed by atoms with van der Waals surface area (Å²) < 4.78 is 5.67. The molecule has 1 saturated carbocycles. The Labute approximate surface area is 122 Å². The Morgan fingerprint density at radius 2 is 2.00 bits per heavy atom. The highest BCUT2D eigenvalue weighted by molar-refractivity contribution is 6.00. The maximum atomic E-state index is 12.7. The van der Waals surface area contributed by atoms with Gasteiger partial charge in [0.2, 0.25) is 0 Å². The number of fused-ring (bicyclic) bond motifs is 1. The summed E-state index contributed by atoms with van der Waals surface area (Å²) in [6.07, 6.45) is 1.70. The third kappa shape index (κ3) is 2.28. The Kier molecular flexibility index (Phi) is 3.20. The van der Waals surface area contributed by atoms with E-state index in [4.69, 9.17) is 4.42 Å². The molecular weight excluding hydrogens is 270 g/mol. The smallest absolute Gasteiger partial charge is 0.326 e. The molecule has 1 atom stereocenters. The van der Waals surface area contributed by atoms with Crippen molar-refractivity contribution in [2.45, 2.75) is 38.8 Å². The molecule has 1 aliphatic rings. The molecule has 0 radical (unpaired) electrons. The fraction of sp³-hybridized carbons (Fsp3) is 0.375. The van der Waals surface area contributed by atoms with Crippen LogP contribution in [0, 0.1) is 6.92 Å². The van der Waals surface area contributed by atoms with Gasteiger partial charge in [0.1, 0.15) is 11.6 Å². The van der Waals surface area contributed by atoms with Crippen LogP contribution in [-0.2, 0) is 4.79 Å². The predicted octanol–water partition coefficient (Wildman–Crippen LogP) is 2.82. The maximum Gasteiger partial charge on any atom is 0.326 e. The van der Waals surface area contributed by atoms with Gasteiger partial charge in [-0.3, -0.25) is 4.79 Å². The van der Waals surface area contributed by atoms with E-state index in [2.05, 4.69) is 0 Å². The zero-order valence-corrected chi connectivity index (χ0v) is 12.0. The number of carbonyl (C=O) groups is 2. The van der Waals surface area contributed by atoms with Gasteiger partial charge in [-0.15, -0.1) is 0 Å². The van der Waals surface area contributed by atoms with Crippen molar-refractivity contribution in [1.29, 1.82) is 0 Å². The molecule has 2 aromatic rings. The van der Waals surface area contributed by atoms with Gasteiger partial charge < -0.3 is 14.4 Å². The molecule has 0 bridgehead atoms. The summed E-state index contributed by atoms with van der Waals surface area (Å²) in [5.41, 5.74) is 1.41. The van der Waals surface area contributed by atoms with Crippen molar-refractivity contribution in [1.82, 2.24) is 4.90 Å². The van der Waals surface area contributed by atoms with Crippen LogP contribution in [0.4, 0.5) is 0 Å². The molecule has 5 nitrogen and oxygen atoms in total. The maximum absolute atomic E-state index is 12.7. The van der Waals surface area contributed by atoms with E-state index < -0.39 is 12.0 Å². The molecule has 0 aliphatic heterocycles. The highest BCUT2D eigenvalue weighted by Gasteiger charge is 2.40. The lowest BCUT2D eigenvalue weighted by Gasteiger charge is -2.25. The van der Waals surface area contributed by atoms with Gasteiger partial charge in [0.15, 0.2) is 5.76 Å². The average Bonchev–Trinajstić information content (AvgIpc) is 3.23. The number of carbonyl (C=O) groups excluding carboxylic acids is 1. The Hall–Kier alpha value is -2.30. The highest BCUT2D eigenvalue weighted by atomic mass is 16.4. The number of rotatable bonds is 4. The number of hydrogen-bond acceptors (Lipinski definition) is 3. The van der Waals surface area contributed by atoms with E-state index in [1.807, 2.05) is 25.1 Å². The van der Waals surface area contributed by atoms with E-state index in [1.54, 1.807) is 6.07 Å². The molecule has 1 unspecified atom stereocenters. The number of aliphatic carboxylic acids is 1. The van der Waals surface area contributed by atoms with Gasteiger partial charge in [0, 0.05) is 17.0 Å². The largest absolute Gasteiger partial charge is 0.480 e. The van der Waals surface area contributed by atoms with Crippen LogP contribution >= 0.6 is 0 Å². The molecular formula is C16H17NO4. The minimum Gasteiger partial charge on any atom is -0.480 e. The number of hydrogen-bond donors (Lipinski definition) is 1. The fourth-order valence-electron chi connectivity index (χ4n) is 2.63. The van der Waals surface area contributed by atoms with Crippen molar-refractivity contribution < 1.29 is 19.1 Å². The number of para-hydroxylation sites is 1. The van der Waals surface area contributed by atoms with Crippen LogP contribution in [0.1, 0.15) is 35.9 Å². The van der Waals surface area contributed by atoms with Crippen molar-refractivity contribution in [2.75, 3.05) is 0 Å². The van der Waals surface area contributed by atoms with Gasteiger partial charge >= 0.3 is 5.97 Å². The third-order valence-electron chi connectivity index (χ3n) is 3.99. The summed E-state index contributed by atoms with van der Waals surface area (Å²) in [4.78, 5) is 25.4. The monoisotopic (exact) mass is 287 g/mol. The molecule has 3 rings (SSSR count). The summed E-state index contributed by atoms with van der Waals surface area (Å²) in [6.45, 7) is 3.37. The van der Waals surface area contributed by atoms with E-state index in [9.17, 15) is 14.7 Å². The normalized spacial score (nSPS) is 15.9. The molecule has 110 valence electrons. The topological polar surface area (TPSA) is 70.8 Å². The van der Waals surface area contributed by atoms with E-state index in [1.165, 1.54) is 11.8 Å². The van der Waals surface area contributed by atoms with Crippen molar-refractivity contribution in [3.63, 3.8) is 0 Å². The first kappa shape index (κ1) is 13.7. The Bertz CT molecular complexity index is 714. The van der Waals surface area contributed by atoms with Gasteiger partial charge in [0.05, 0.1) is 0 Å². The fourth-order valence-corrected chi connectivity index (χ4v) is 2.63. The van der Waals surface area contributed by atoms with Gasteiger partial charge in [-0.1, -0.05) is 18.2 Å². The van der Waals surface area contributed by atoms with E-state index >= 15 is 0 Å². The van der Waals surface area contributed by atoms with Crippen LogP contribution < -0.4 is 0 Å². The lowest BCUT2D eigenvalue weighted by molar-refractivity contribution is -0.141. The Morgan fingerprint density at radius 1 is 1.33 bits per heavy atom. The number of nitrogens with zero attached hydrogens (tertiary/aromatic N) is 1. The minimum absolute atomic E-state index is 0.0104. The van der Waals surface area contributed by atoms with Gasteiger partial charge in [-0.25, -0.2) is 4.79 Å². The standard InChI is InChI=1S/C16H17NO4/c1-9-12-5-3-4-6-13(12)21-14(9)15(18)17(11-7-8-11)10(2)16(19)20/h3-6,10-11H,7-8H2,1-2H3,(H,19,20). The quantitative estimate of drug-likeness (QED) is 0.938. The van der Waals surface area contributed by atoms with Crippen molar-refractivity contribution in [2.24, 2.45) is 0 Å². The molecule has 0 spiro atoms. The molecule has 1 N–H and O–H groups in total. The van der Waals surface area contributed by atoms with Crippen LogP contribution in [-0.4, -0.2) is 34.0 Å². The second kappa shape index (κ2) is 4.91.